The molecule has 2 nitrogen and oxygen atoms in total. The molecule has 2 fully saturated rings. The Kier molecular flexibility index (Phi) is 6.47. The fourth-order valence-corrected chi connectivity index (χ4v) is 5.83. The van der Waals surface area contributed by atoms with Crippen LogP contribution >= 0.6 is 0 Å². The van der Waals surface area contributed by atoms with E-state index in [1.165, 1.54) is 19.3 Å². The zero-order chi connectivity index (χ0) is 14.4. The first kappa shape index (κ1) is 15.9. The summed E-state index contributed by atoms with van der Waals surface area (Å²) in [6.07, 6.45) is 13.6. The second-order valence-electron chi connectivity index (χ2n) is 6.38. The zero-order valence-electron chi connectivity index (χ0n) is 12.5. The molecule has 2 saturated heterocycles. The number of carbonyl (C=O) groups is 1. The van der Waals surface area contributed by atoms with Gasteiger partial charge in [-0.3, -0.25) is 9.00 Å². The molecule has 0 aliphatic carbocycles. The fourth-order valence-electron chi connectivity index (χ4n) is 3.64. The molecule has 0 amide bonds. The summed E-state index contributed by atoms with van der Waals surface area (Å²) in [4.78, 5) is 12.3. The number of unbranched alkanes of at least 4 members (excludes halogenated alkanes) is 4. The first-order valence-corrected chi connectivity index (χ1v) is 9.53. The van der Waals surface area contributed by atoms with E-state index in [4.69, 9.17) is 0 Å². The molecule has 2 rings (SSSR count). The van der Waals surface area contributed by atoms with Gasteiger partial charge >= 0.3 is 0 Å². The SMILES string of the molecule is C=CCCCCCCC(=O)C1CC2CCCC(C1)S2=O. The van der Waals surface area contributed by atoms with Crippen molar-refractivity contribution in [1.82, 2.24) is 0 Å². The molecule has 0 radical (unpaired) electrons. The van der Waals surface area contributed by atoms with Gasteiger partial charge in [0, 0.05) is 33.6 Å². The summed E-state index contributed by atoms with van der Waals surface area (Å²) in [6.45, 7) is 3.72. The van der Waals surface area contributed by atoms with Crippen molar-refractivity contribution in [3.8, 4) is 0 Å². The molecular weight excluding hydrogens is 268 g/mol. The summed E-state index contributed by atoms with van der Waals surface area (Å²) < 4.78 is 12.1. The van der Waals surface area contributed by atoms with Gasteiger partial charge in [-0.2, -0.15) is 0 Å². The summed E-state index contributed by atoms with van der Waals surface area (Å²) in [7, 11) is -0.646. The van der Waals surface area contributed by atoms with E-state index in [1.807, 2.05) is 6.08 Å². The monoisotopic (exact) mass is 296 g/mol. The van der Waals surface area contributed by atoms with E-state index >= 15 is 0 Å². The van der Waals surface area contributed by atoms with Crippen molar-refractivity contribution >= 4 is 16.6 Å². The average molecular weight is 296 g/mol. The molecule has 20 heavy (non-hydrogen) atoms. The maximum Gasteiger partial charge on any atom is 0.136 e. The number of allylic oxidation sites excluding steroid dienone is 1. The Morgan fingerprint density at radius 1 is 1.10 bits per heavy atom. The first-order valence-electron chi connectivity index (χ1n) is 8.25. The normalized spacial score (nSPS) is 32.8. The van der Waals surface area contributed by atoms with Gasteiger partial charge in [-0.25, -0.2) is 0 Å². The van der Waals surface area contributed by atoms with Crippen LogP contribution in [0.3, 0.4) is 0 Å². The molecule has 0 spiro atoms. The van der Waals surface area contributed by atoms with Gasteiger partial charge < -0.3 is 0 Å². The minimum atomic E-state index is -0.646. The zero-order valence-corrected chi connectivity index (χ0v) is 13.3. The molecule has 2 unspecified atom stereocenters. The highest BCUT2D eigenvalue weighted by Crippen LogP contribution is 2.37. The smallest absolute Gasteiger partial charge is 0.136 e. The summed E-state index contributed by atoms with van der Waals surface area (Å²) >= 11 is 0. The molecule has 0 aromatic heterocycles. The van der Waals surface area contributed by atoms with Crippen LogP contribution in [0.5, 0.6) is 0 Å². The Bertz CT molecular complexity index is 348. The van der Waals surface area contributed by atoms with Crippen molar-refractivity contribution in [2.75, 3.05) is 0 Å². The lowest BCUT2D eigenvalue weighted by molar-refractivity contribution is -0.123. The molecule has 0 aromatic rings. The van der Waals surface area contributed by atoms with Gasteiger partial charge in [-0.05, 0) is 44.9 Å². The maximum absolute atomic E-state index is 12.3. The van der Waals surface area contributed by atoms with Gasteiger partial charge in [0.2, 0.25) is 0 Å². The van der Waals surface area contributed by atoms with Crippen LogP contribution < -0.4 is 0 Å². The van der Waals surface area contributed by atoms with Gasteiger partial charge in [-0.15, -0.1) is 6.58 Å². The Morgan fingerprint density at radius 2 is 1.75 bits per heavy atom. The third kappa shape index (κ3) is 4.28. The molecule has 0 saturated carbocycles. The predicted molar refractivity (Wildman–Crippen MR) is 85.2 cm³/mol. The predicted octanol–water partition coefficient (Wildman–Crippen LogP) is 4.16. The topological polar surface area (TPSA) is 34.1 Å². The van der Waals surface area contributed by atoms with Gasteiger partial charge in [-0.1, -0.05) is 25.3 Å². The Hall–Kier alpha value is -0.440. The van der Waals surface area contributed by atoms with Crippen molar-refractivity contribution in [2.45, 2.75) is 81.1 Å². The molecular formula is C17H28O2S. The number of Topliss-reactive ketones (excluding diaryl/α,β-unsaturated/α-hetero) is 1. The summed E-state index contributed by atoms with van der Waals surface area (Å²) in [5.41, 5.74) is 0. The third-order valence-electron chi connectivity index (χ3n) is 4.84. The van der Waals surface area contributed by atoms with Crippen molar-refractivity contribution in [2.24, 2.45) is 5.92 Å². The van der Waals surface area contributed by atoms with Crippen LogP contribution in [0.4, 0.5) is 0 Å². The second-order valence-corrected chi connectivity index (χ2v) is 8.37. The van der Waals surface area contributed by atoms with Crippen LogP contribution in [0.25, 0.3) is 0 Å². The van der Waals surface area contributed by atoms with Gasteiger partial charge in [0.25, 0.3) is 0 Å². The van der Waals surface area contributed by atoms with E-state index in [1.54, 1.807) is 0 Å². The molecule has 0 aromatic carbocycles. The Balaban J connectivity index is 1.68. The number of carbonyl (C=O) groups excluding carboxylic acids is 1. The third-order valence-corrected chi connectivity index (χ3v) is 7.01. The highest BCUT2D eigenvalue weighted by Gasteiger charge is 2.39. The van der Waals surface area contributed by atoms with E-state index < -0.39 is 10.8 Å². The number of ketones is 1. The molecule has 3 heteroatoms. The molecule has 2 aliphatic rings. The quantitative estimate of drug-likeness (QED) is 0.498. The van der Waals surface area contributed by atoms with E-state index in [0.29, 0.717) is 16.3 Å². The summed E-state index contributed by atoms with van der Waals surface area (Å²) in [5, 5.41) is 0.646. The van der Waals surface area contributed by atoms with Crippen LogP contribution in [-0.4, -0.2) is 20.5 Å². The fraction of sp³-hybridized carbons (Fsp3) is 0.824. The molecule has 0 N–H and O–H groups in total. The Morgan fingerprint density at radius 3 is 2.40 bits per heavy atom. The molecule has 2 atom stereocenters. The van der Waals surface area contributed by atoms with E-state index in [0.717, 1.165) is 51.4 Å². The van der Waals surface area contributed by atoms with Gasteiger partial charge in [0.05, 0.1) is 0 Å². The lowest BCUT2D eigenvalue weighted by atomic mass is 9.85. The maximum atomic E-state index is 12.3. The van der Waals surface area contributed by atoms with Crippen molar-refractivity contribution in [3.63, 3.8) is 0 Å². The van der Waals surface area contributed by atoms with Gasteiger partial charge in [0.1, 0.15) is 5.78 Å². The van der Waals surface area contributed by atoms with Gasteiger partial charge in [0.15, 0.2) is 0 Å². The molecule has 2 heterocycles. The number of hydrogen-bond donors (Lipinski definition) is 0. The van der Waals surface area contributed by atoms with E-state index in [2.05, 4.69) is 6.58 Å². The average Bonchev–Trinajstić information content (AvgIpc) is 2.42. The molecule has 2 bridgehead atoms. The van der Waals surface area contributed by atoms with Crippen LogP contribution in [0.1, 0.15) is 70.6 Å². The van der Waals surface area contributed by atoms with Crippen molar-refractivity contribution < 1.29 is 9.00 Å². The lowest BCUT2D eigenvalue weighted by Gasteiger charge is -2.37. The summed E-state index contributed by atoms with van der Waals surface area (Å²) in [5.74, 6) is 0.665. The molecule has 114 valence electrons. The van der Waals surface area contributed by atoms with Crippen molar-refractivity contribution in [1.29, 1.82) is 0 Å². The summed E-state index contributed by atoms with van der Waals surface area (Å²) in [6, 6.07) is 0. The minimum absolute atomic E-state index is 0.219. The highest BCUT2D eigenvalue weighted by molar-refractivity contribution is 7.86. The highest BCUT2D eigenvalue weighted by atomic mass is 32.2. The number of hydrogen-bond acceptors (Lipinski definition) is 2. The number of rotatable bonds is 8. The van der Waals surface area contributed by atoms with Crippen LogP contribution in [0, 0.1) is 5.92 Å². The standard InChI is InChI=1S/C17H28O2S/c1-2-3-4-5-6-7-11-17(18)14-12-15-9-8-10-16(13-14)20(15)19/h2,14-16H,1,3-13H2. The van der Waals surface area contributed by atoms with Crippen LogP contribution in [0.15, 0.2) is 12.7 Å². The lowest BCUT2D eigenvalue weighted by Crippen LogP contribution is -2.41. The van der Waals surface area contributed by atoms with Crippen LogP contribution in [0.2, 0.25) is 0 Å². The minimum Gasteiger partial charge on any atom is -0.299 e. The van der Waals surface area contributed by atoms with Crippen molar-refractivity contribution in [3.05, 3.63) is 12.7 Å². The second kappa shape index (κ2) is 8.11. The van der Waals surface area contributed by atoms with E-state index in [9.17, 15) is 9.00 Å². The Labute approximate surface area is 125 Å². The first-order chi connectivity index (χ1) is 9.72. The number of fused-ring (bicyclic) bond motifs is 2. The van der Waals surface area contributed by atoms with E-state index in [-0.39, 0.29) is 5.92 Å². The molecule has 2 aliphatic heterocycles. The van der Waals surface area contributed by atoms with Crippen LogP contribution in [-0.2, 0) is 15.6 Å². The largest absolute Gasteiger partial charge is 0.299 e.